The number of methoxy groups -OCH3 is 1. The highest BCUT2D eigenvalue weighted by Crippen LogP contribution is 2.15. The molecule has 0 radical (unpaired) electrons. The molecule has 0 amide bonds. The molecule has 3 nitrogen and oxygen atoms in total. The molecule has 0 saturated carbocycles. The zero-order valence-corrected chi connectivity index (χ0v) is 10.0. The van der Waals surface area contributed by atoms with E-state index >= 15 is 0 Å². The molecule has 0 bridgehead atoms. The minimum absolute atomic E-state index is 0.363. The Labute approximate surface area is 96.4 Å². The summed E-state index contributed by atoms with van der Waals surface area (Å²) in [5.41, 5.74) is 1.28. The van der Waals surface area contributed by atoms with Crippen LogP contribution < -0.4 is 4.74 Å². The third-order valence-corrected chi connectivity index (χ3v) is 2.31. The van der Waals surface area contributed by atoms with Crippen molar-refractivity contribution in [3.8, 4) is 5.75 Å². The Morgan fingerprint density at radius 2 is 1.94 bits per heavy atom. The van der Waals surface area contributed by atoms with Gasteiger partial charge in [0.25, 0.3) is 0 Å². The van der Waals surface area contributed by atoms with Crippen molar-refractivity contribution in [2.24, 2.45) is 0 Å². The lowest BCUT2D eigenvalue weighted by Crippen LogP contribution is -2.24. The third kappa shape index (κ3) is 3.57. The summed E-state index contributed by atoms with van der Waals surface area (Å²) in [5, 5.41) is 0. The number of ether oxygens (including phenoxy) is 2. The van der Waals surface area contributed by atoms with E-state index in [9.17, 15) is 4.79 Å². The molecular weight excluding hydrogens is 204 g/mol. The maximum Gasteiger partial charge on any atom is 0.346 e. The van der Waals surface area contributed by atoms with Crippen LogP contribution >= 0.6 is 0 Å². The Morgan fingerprint density at radius 1 is 1.31 bits per heavy atom. The Balaban J connectivity index is 2.58. The van der Waals surface area contributed by atoms with Gasteiger partial charge in [-0.2, -0.15) is 0 Å². The van der Waals surface area contributed by atoms with Crippen molar-refractivity contribution in [3.05, 3.63) is 29.8 Å². The molecule has 0 aliphatic carbocycles. The standard InChI is InChI=1S/C13H18O3/c1-4-5-11-6-8-12(9-7-11)16-10(2)13(14)15-3/h6-10H,4-5H2,1-3H3/t10-/m1/s1. The SMILES string of the molecule is CCCc1ccc(O[C@H](C)C(=O)OC)cc1. The first-order valence-electron chi connectivity index (χ1n) is 5.50. The molecule has 0 aromatic heterocycles. The fraction of sp³-hybridized carbons (Fsp3) is 0.462. The highest BCUT2D eigenvalue weighted by Gasteiger charge is 2.14. The first-order chi connectivity index (χ1) is 7.67. The van der Waals surface area contributed by atoms with E-state index in [0.717, 1.165) is 12.8 Å². The van der Waals surface area contributed by atoms with E-state index in [4.69, 9.17) is 4.74 Å². The summed E-state index contributed by atoms with van der Waals surface area (Å²) in [5.74, 6) is 0.329. The van der Waals surface area contributed by atoms with Crippen molar-refractivity contribution < 1.29 is 14.3 Å². The number of benzene rings is 1. The molecule has 0 aliphatic heterocycles. The van der Waals surface area contributed by atoms with E-state index < -0.39 is 6.10 Å². The van der Waals surface area contributed by atoms with E-state index in [1.165, 1.54) is 12.7 Å². The summed E-state index contributed by atoms with van der Waals surface area (Å²) in [6, 6.07) is 7.79. The number of hydrogen-bond donors (Lipinski definition) is 0. The van der Waals surface area contributed by atoms with Crippen molar-refractivity contribution >= 4 is 5.97 Å². The molecule has 0 spiro atoms. The van der Waals surface area contributed by atoms with Gasteiger partial charge in [0.05, 0.1) is 7.11 Å². The van der Waals surface area contributed by atoms with Gasteiger partial charge in [0, 0.05) is 0 Å². The topological polar surface area (TPSA) is 35.5 Å². The molecule has 1 atom stereocenters. The Morgan fingerprint density at radius 3 is 2.44 bits per heavy atom. The van der Waals surface area contributed by atoms with Gasteiger partial charge < -0.3 is 9.47 Å². The molecular formula is C13H18O3. The third-order valence-electron chi connectivity index (χ3n) is 2.31. The summed E-state index contributed by atoms with van der Waals surface area (Å²) < 4.78 is 10.0. The Bertz CT molecular complexity index is 330. The summed E-state index contributed by atoms with van der Waals surface area (Å²) in [6.45, 7) is 3.82. The molecule has 0 heterocycles. The quantitative estimate of drug-likeness (QED) is 0.718. The number of carbonyl (C=O) groups excluding carboxylic acids is 1. The summed E-state index contributed by atoms with van der Waals surface area (Å²) >= 11 is 0. The maximum absolute atomic E-state index is 11.1. The Kier molecular flexibility index (Phi) is 4.83. The molecule has 0 unspecified atom stereocenters. The summed E-state index contributed by atoms with van der Waals surface area (Å²) in [7, 11) is 1.35. The number of hydrogen-bond acceptors (Lipinski definition) is 3. The number of rotatable bonds is 5. The first kappa shape index (κ1) is 12.6. The van der Waals surface area contributed by atoms with Crippen LogP contribution in [0.3, 0.4) is 0 Å². The van der Waals surface area contributed by atoms with Gasteiger partial charge in [0.2, 0.25) is 0 Å². The van der Waals surface area contributed by atoms with Gasteiger partial charge in [-0.05, 0) is 31.0 Å². The van der Waals surface area contributed by atoms with Crippen LogP contribution in [0.5, 0.6) is 5.75 Å². The van der Waals surface area contributed by atoms with Gasteiger partial charge in [0.1, 0.15) is 5.75 Å². The van der Waals surface area contributed by atoms with E-state index in [-0.39, 0.29) is 5.97 Å². The molecule has 0 N–H and O–H groups in total. The van der Waals surface area contributed by atoms with Crippen LogP contribution in [0.1, 0.15) is 25.8 Å². The van der Waals surface area contributed by atoms with Crippen LogP contribution in [0.4, 0.5) is 0 Å². The van der Waals surface area contributed by atoms with Crippen molar-refractivity contribution in [3.63, 3.8) is 0 Å². The normalized spacial score (nSPS) is 11.9. The second-order valence-corrected chi connectivity index (χ2v) is 3.68. The minimum Gasteiger partial charge on any atom is -0.479 e. The van der Waals surface area contributed by atoms with Gasteiger partial charge in [-0.25, -0.2) is 4.79 Å². The van der Waals surface area contributed by atoms with Gasteiger partial charge >= 0.3 is 5.97 Å². The average molecular weight is 222 g/mol. The van der Waals surface area contributed by atoms with Gasteiger partial charge in [-0.1, -0.05) is 25.5 Å². The van der Waals surface area contributed by atoms with Gasteiger partial charge in [-0.15, -0.1) is 0 Å². The summed E-state index contributed by atoms with van der Waals surface area (Å²) in [6.07, 6.45) is 1.62. The van der Waals surface area contributed by atoms with Crippen molar-refractivity contribution in [1.82, 2.24) is 0 Å². The average Bonchev–Trinajstić information content (AvgIpc) is 2.31. The molecule has 1 aromatic carbocycles. The van der Waals surface area contributed by atoms with Crippen LogP contribution in [-0.4, -0.2) is 19.2 Å². The fourth-order valence-electron chi connectivity index (χ4n) is 1.44. The van der Waals surface area contributed by atoms with Crippen LogP contribution in [0.2, 0.25) is 0 Å². The Hall–Kier alpha value is -1.51. The van der Waals surface area contributed by atoms with E-state index in [1.54, 1.807) is 6.92 Å². The van der Waals surface area contributed by atoms with E-state index in [0.29, 0.717) is 5.75 Å². The molecule has 0 saturated heterocycles. The lowest BCUT2D eigenvalue weighted by molar-refractivity contribution is -0.147. The molecule has 1 rings (SSSR count). The van der Waals surface area contributed by atoms with Crippen molar-refractivity contribution in [1.29, 1.82) is 0 Å². The molecule has 16 heavy (non-hydrogen) atoms. The lowest BCUT2D eigenvalue weighted by Gasteiger charge is -2.12. The molecule has 1 aromatic rings. The maximum atomic E-state index is 11.1. The first-order valence-corrected chi connectivity index (χ1v) is 5.50. The van der Waals surface area contributed by atoms with Crippen LogP contribution in [0.25, 0.3) is 0 Å². The predicted octanol–water partition coefficient (Wildman–Crippen LogP) is 2.58. The van der Waals surface area contributed by atoms with E-state index in [2.05, 4.69) is 11.7 Å². The van der Waals surface area contributed by atoms with Crippen LogP contribution in [0.15, 0.2) is 24.3 Å². The zero-order valence-electron chi connectivity index (χ0n) is 10.0. The lowest BCUT2D eigenvalue weighted by atomic mass is 10.1. The number of aryl methyl sites for hydroxylation is 1. The van der Waals surface area contributed by atoms with Gasteiger partial charge in [-0.3, -0.25) is 0 Å². The van der Waals surface area contributed by atoms with Crippen molar-refractivity contribution in [2.75, 3.05) is 7.11 Å². The van der Waals surface area contributed by atoms with Crippen LogP contribution in [0, 0.1) is 0 Å². The molecule has 88 valence electrons. The van der Waals surface area contributed by atoms with Gasteiger partial charge in [0.15, 0.2) is 6.10 Å². The summed E-state index contributed by atoms with van der Waals surface area (Å²) in [4.78, 5) is 11.1. The molecule has 3 heteroatoms. The highest BCUT2D eigenvalue weighted by molar-refractivity contribution is 5.74. The zero-order chi connectivity index (χ0) is 12.0. The largest absolute Gasteiger partial charge is 0.479 e. The van der Waals surface area contributed by atoms with Crippen molar-refractivity contribution in [2.45, 2.75) is 32.8 Å². The molecule has 0 aliphatic rings. The minimum atomic E-state index is -0.568. The smallest absolute Gasteiger partial charge is 0.346 e. The molecule has 0 fully saturated rings. The van der Waals surface area contributed by atoms with E-state index in [1.807, 2.05) is 24.3 Å². The second-order valence-electron chi connectivity index (χ2n) is 3.68. The monoisotopic (exact) mass is 222 g/mol. The second kappa shape index (κ2) is 6.16. The number of carbonyl (C=O) groups is 1. The predicted molar refractivity (Wildman–Crippen MR) is 62.5 cm³/mol. The highest BCUT2D eigenvalue weighted by atomic mass is 16.6. The fourth-order valence-corrected chi connectivity index (χ4v) is 1.44. The number of esters is 1. The van der Waals surface area contributed by atoms with Crippen LogP contribution in [-0.2, 0) is 16.0 Å².